The first kappa shape index (κ1) is 40.9. The highest BCUT2D eigenvalue weighted by Crippen LogP contribution is 2.33. The van der Waals surface area contributed by atoms with Gasteiger partial charge in [0.05, 0.1) is 11.4 Å². The highest BCUT2D eigenvalue weighted by molar-refractivity contribution is 6.08. The lowest BCUT2D eigenvalue weighted by atomic mass is 9.97. The number of aliphatic imine (C=N–C) groups is 2. The Morgan fingerprint density at radius 1 is 0.482 bits per heavy atom. The fourth-order valence-electron chi connectivity index (χ4n) is 8.10. The van der Waals surface area contributed by atoms with Gasteiger partial charge in [-0.3, -0.25) is 0 Å². The average molecular weight is 747 g/mol. The smallest absolute Gasteiger partial charge is 0.207 e. The molecule has 0 saturated heterocycles. The van der Waals surface area contributed by atoms with Crippen molar-refractivity contribution < 1.29 is 0 Å². The van der Waals surface area contributed by atoms with Gasteiger partial charge in [-0.25, -0.2) is 9.98 Å². The van der Waals surface area contributed by atoms with Crippen molar-refractivity contribution >= 4 is 66.3 Å². The van der Waals surface area contributed by atoms with Crippen molar-refractivity contribution in [1.29, 1.82) is 0 Å². The topological polar surface area (TPSA) is 31.2 Å². The Kier molecular flexibility index (Phi) is 14.2. The number of fused-ring (bicyclic) bond motifs is 4. The molecule has 0 unspecified atom stereocenters. The molecule has 0 saturated carbocycles. The predicted molar refractivity (Wildman–Crippen MR) is 247 cm³/mol. The highest BCUT2D eigenvalue weighted by atomic mass is 15.4. The van der Waals surface area contributed by atoms with E-state index in [1.807, 2.05) is 0 Å². The maximum atomic E-state index is 5.67. The summed E-state index contributed by atoms with van der Waals surface area (Å²) < 4.78 is 0. The lowest BCUT2D eigenvalue weighted by Crippen LogP contribution is -2.46. The number of nitrogens with zero attached hydrogens (tertiary/aromatic N) is 4. The Morgan fingerprint density at radius 3 is 1.39 bits per heavy atom. The lowest BCUT2D eigenvalue weighted by Gasteiger charge is -2.33. The van der Waals surface area contributed by atoms with E-state index >= 15 is 0 Å². The van der Waals surface area contributed by atoms with Crippen molar-refractivity contribution in [3.05, 3.63) is 109 Å². The van der Waals surface area contributed by atoms with Gasteiger partial charge in [-0.05, 0) is 112 Å². The molecule has 0 aromatic heterocycles. The van der Waals surface area contributed by atoms with Crippen LogP contribution < -0.4 is 0 Å². The first-order chi connectivity index (χ1) is 27.0. The van der Waals surface area contributed by atoms with Crippen LogP contribution >= 0.6 is 0 Å². The zero-order valence-corrected chi connectivity index (χ0v) is 35.6. The SMILES string of the molecule is CC(=Nc1cccc2cc3ccccc3cc12)N(CC[C@H](C)CCCC(C)C)C(=Nc1cccc2cc3ccccc3cc12)N(C)CC[C@H](C)CCCC(C)C. The van der Waals surface area contributed by atoms with E-state index in [4.69, 9.17) is 9.98 Å². The predicted octanol–water partition coefficient (Wildman–Crippen LogP) is 15.0. The molecule has 56 heavy (non-hydrogen) atoms. The van der Waals surface area contributed by atoms with E-state index in [2.05, 4.69) is 175 Å². The minimum absolute atomic E-state index is 0.601. The van der Waals surface area contributed by atoms with Gasteiger partial charge in [0.2, 0.25) is 5.96 Å². The molecule has 6 rings (SSSR count). The molecule has 6 aromatic rings. The van der Waals surface area contributed by atoms with Crippen LogP contribution in [0.3, 0.4) is 0 Å². The summed E-state index contributed by atoms with van der Waals surface area (Å²) in [5.74, 6) is 4.69. The Morgan fingerprint density at radius 2 is 0.911 bits per heavy atom. The van der Waals surface area contributed by atoms with Gasteiger partial charge in [-0.1, -0.05) is 153 Å². The molecule has 0 amide bonds. The molecule has 4 nitrogen and oxygen atoms in total. The first-order valence-electron chi connectivity index (χ1n) is 21.5. The summed E-state index contributed by atoms with van der Waals surface area (Å²) in [6.07, 6.45) is 9.85. The van der Waals surface area contributed by atoms with E-state index in [-0.39, 0.29) is 0 Å². The fraction of sp³-hybridized carbons (Fsp3) is 0.423. The largest absolute Gasteiger partial charge is 0.345 e. The van der Waals surface area contributed by atoms with Crippen molar-refractivity contribution in [2.75, 3.05) is 20.1 Å². The summed E-state index contributed by atoms with van der Waals surface area (Å²) in [7, 11) is 2.25. The van der Waals surface area contributed by atoms with Gasteiger partial charge in [-0.2, -0.15) is 0 Å². The maximum absolute atomic E-state index is 5.67. The van der Waals surface area contributed by atoms with E-state index in [1.165, 1.54) is 81.6 Å². The highest BCUT2D eigenvalue weighted by Gasteiger charge is 2.22. The van der Waals surface area contributed by atoms with Crippen LogP contribution in [0.5, 0.6) is 0 Å². The summed E-state index contributed by atoms with van der Waals surface area (Å²) in [5, 5.41) is 9.76. The van der Waals surface area contributed by atoms with Gasteiger partial charge in [0, 0.05) is 30.9 Å². The van der Waals surface area contributed by atoms with Crippen LogP contribution in [0.2, 0.25) is 0 Å². The summed E-state index contributed by atoms with van der Waals surface area (Å²) in [5.41, 5.74) is 2.00. The molecule has 4 heteroatoms. The Hall–Kier alpha value is -4.70. The van der Waals surface area contributed by atoms with Crippen molar-refractivity contribution in [1.82, 2.24) is 9.80 Å². The van der Waals surface area contributed by atoms with Crippen LogP contribution in [0, 0.1) is 23.7 Å². The van der Waals surface area contributed by atoms with Crippen LogP contribution in [-0.4, -0.2) is 41.7 Å². The van der Waals surface area contributed by atoms with Crippen molar-refractivity contribution in [2.24, 2.45) is 33.7 Å². The zero-order chi connectivity index (χ0) is 39.6. The van der Waals surface area contributed by atoms with Gasteiger partial charge >= 0.3 is 0 Å². The van der Waals surface area contributed by atoms with Crippen molar-refractivity contribution in [3.63, 3.8) is 0 Å². The summed E-state index contributed by atoms with van der Waals surface area (Å²) >= 11 is 0. The molecular weight excluding hydrogens is 681 g/mol. The third-order valence-electron chi connectivity index (χ3n) is 11.7. The van der Waals surface area contributed by atoms with Gasteiger partial charge < -0.3 is 9.80 Å². The molecule has 0 fully saturated rings. The number of rotatable bonds is 16. The number of guanidine groups is 1. The second kappa shape index (κ2) is 19.4. The number of hydrogen-bond donors (Lipinski definition) is 0. The standard InChI is InChI=1S/C52H66N4/c1-37(2)17-13-19-39(5)29-31-55(8)52(54-51-28-16-26-47-34-43-22-10-12-24-45(43)36-49(47)51)56(32-30-40(6)20-14-18-38(3)4)41(7)53-50-27-15-25-46-33-42-21-9-11-23-44(42)35-48(46)50/h9-12,15-16,21-28,33-40H,13-14,17-20,29-32H2,1-8H3/t39-,40-/m1/s1. The van der Waals surface area contributed by atoms with Crippen LogP contribution in [0.25, 0.3) is 43.1 Å². The quantitative estimate of drug-likeness (QED) is 0.0561. The zero-order valence-electron chi connectivity index (χ0n) is 35.6. The van der Waals surface area contributed by atoms with Gasteiger partial charge in [-0.15, -0.1) is 0 Å². The molecule has 2 atom stereocenters. The number of benzene rings is 6. The van der Waals surface area contributed by atoms with Crippen LogP contribution in [0.15, 0.2) is 119 Å². The first-order valence-corrected chi connectivity index (χ1v) is 21.5. The van der Waals surface area contributed by atoms with Crippen LogP contribution in [-0.2, 0) is 0 Å². The molecule has 6 aromatic carbocycles. The van der Waals surface area contributed by atoms with Gasteiger partial charge in [0.1, 0.15) is 5.84 Å². The van der Waals surface area contributed by atoms with Crippen molar-refractivity contribution in [2.45, 2.75) is 99.8 Å². The second-order valence-corrected chi connectivity index (χ2v) is 17.5. The molecule has 0 N–H and O–H groups in total. The Bertz CT molecular complexity index is 2260. The Labute approximate surface area is 337 Å². The third kappa shape index (κ3) is 10.8. The molecular formula is C52H66N4. The van der Waals surface area contributed by atoms with E-state index in [9.17, 15) is 0 Å². The maximum Gasteiger partial charge on any atom is 0.207 e. The van der Waals surface area contributed by atoms with Crippen LogP contribution in [0.1, 0.15) is 99.8 Å². The lowest BCUT2D eigenvalue weighted by molar-refractivity contribution is 0.351. The van der Waals surface area contributed by atoms with E-state index in [0.717, 1.165) is 60.9 Å². The molecule has 0 aliphatic carbocycles. The van der Waals surface area contributed by atoms with E-state index in [0.29, 0.717) is 11.8 Å². The molecule has 0 heterocycles. The second-order valence-electron chi connectivity index (χ2n) is 17.5. The normalized spacial score (nSPS) is 13.8. The number of amidine groups is 1. The third-order valence-corrected chi connectivity index (χ3v) is 11.7. The van der Waals surface area contributed by atoms with Crippen LogP contribution in [0.4, 0.5) is 11.4 Å². The minimum atomic E-state index is 0.601. The summed E-state index contributed by atoms with van der Waals surface area (Å²) in [6, 6.07) is 39.6. The molecule has 0 bridgehead atoms. The van der Waals surface area contributed by atoms with Crippen molar-refractivity contribution in [3.8, 4) is 0 Å². The van der Waals surface area contributed by atoms with Gasteiger partial charge in [0.15, 0.2) is 0 Å². The molecule has 0 aliphatic rings. The summed E-state index contributed by atoms with van der Waals surface area (Å²) in [4.78, 5) is 16.0. The molecule has 294 valence electrons. The van der Waals surface area contributed by atoms with E-state index < -0.39 is 0 Å². The molecule has 0 aliphatic heterocycles. The fourth-order valence-corrected chi connectivity index (χ4v) is 8.10. The number of hydrogen-bond acceptors (Lipinski definition) is 2. The van der Waals surface area contributed by atoms with Gasteiger partial charge in [0.25, 0.3) is 0 Å². The minimum Gasteiger partial charge on any atom is -0.345 e. The summed E-state index contributed by atoms with van der Waals surface area (Å²) in [6.45, 7) is 18.2. The Balaban J connectivity index is 1.43. The molecule has 0 radical (unpaired) electrons. The molecule has 0 spiro atoms. The monoisotopic (exact) mass is 747 g/mol. The average Bonchev–Trinajstić information content (AvgIpc) is 3.18. The van der Waals surface area contributed by atoms with E-state index in [1.54, 1.807) is 0 Å².